The molecule has 0 spiro atoms. The van der Waals surface area contributed by atoms with Gasteiger partial charge in [-0.2, -0.15) is 5.10 Å². The number of H-pyrrole nitrogens is 1. The summed E-state index contributed by atoms with van der Waals surface area (Å²) in [6, 6.07) is 4.41. The van der Waals surface area contributed by atoms with E-state index in [1.54, 1.807) is 28.9 Å². The van der Waals surface area contributed by atoms with Crippen LogP contribution in [0.2, 0.25) is 5.02 Å². The predicted molar refractivity (Wildman–Crippen MR) is 107 cm³/mol. The number of fused-ring (bicyclic) bond motifs is 2. The molecule has 1 aliphatic heterocycles. The molecule has 166 valence electrons. The fourth-order valence-corrected chi connectivity index (χ4v) is 4.10. The number of aromatic nitrogens is 5. The zero-order valence-electron chi connectivity index (χ0n) is 16.7. The van der Waals surface area contributed by atoms with Gasteiger partial charge < -0.3 is 19.4 Å². The number of hydrogen-bond acceptors (Lipinski definition) is 6. The first-order valence-corrected chi connectivity index (χ1v) is 10.2. The Morgan fingerprint density at radius 3 is 2.97 bits per heavy atom. The molecule has 2 atom stereocenters. The van der Waals surface area contributed by atoms with Crippen LogP contribution in [-0.2, 0) is 6.42 Å². The van der Waals surface area contributed by atoms with Crippen LogP contribution >= 0.6 is 11.6 Å². The van der Waals surface area contributed by atoms with Crippen LogP contribution in [-0.4, -0.2) is 47.0 Å². The molecule has 9 nitrogen and oxygen atoms in total. The van der Waals surface area contributed by atoms with Gasteiger partial charge in [-0.3, -0.25) is 4.79 Å². The number of pyridine rings is 1. The smallest absolute Gasteiger partial charge is 0.292 e. The van der Waals surface area contributed by atoms with Gasteiger partial charge in [-0.15, -0.1) is 0 Å². The largest absolute Gasteiger partial charge is 0.432 e. The predicted octanol–water partition coefficient (Wildman–Crippen LogP) is 3.48. The lowest BCUT2D eigenvalue weighted by atomic mass is 9.99. The van der Waals surface area contributed by atoms with Crippen molar-refractivity contribution in [2.75, 3.05) is 6.54 Å². The van der Waals surface area contributed by atoms with Crippen molar-refractivity contribution < 1.29 is 23.1 Å². The van der Waals surface area contributed by atoms with Gasteiger partial charge in [0.25, 0.3) is 12.3 Å². The van der Waals surface area contributed by atoms with Gasteiger partial charge in [0, 0.05) is 24.9 Å². The first-order valence-electron chi connectivity index (χ1n) is 9.79. The van der Waals surface area contributed by atoms with Crippen LogP contribution in [0.4, 0.5) is 8.78 Å². The first-order chi connectivity index (χ1) is 15.3. The summed E-state index contributed by atoms with van der Waals surface area (Å²) in [7, 11) is 0. The van der Waals surface area contributed by atoms with E-state index in [0.29, 0.717) is 28.3 Å². The highest BCUT2D eigenvalue weighted by molar-refractivity contribution is 6.33. The van der Waals surface area contributed by atoms with Crippen molar-refractivity contribution in [3.8, 4) is 0 Å². The van der Waals surface area contributed by atoms with E-state index in [4.69, 9.17) is 16.0 Å². The van der Waals surface area contributed by atoms with E-state index in [9.17, 15) is 18.7 Å². The van der Waals surface area contributed by atoms with E-state index < -0.39 is 35.9 Å². The van der Waals surface area contributed by atoms with Crippen molar-refractivity contribution in [2.24, 2.45) is 0 Å². The van der Waals surface area contributed by atoms with E-state index in [1.165, 1.54) is 18.2 Å². The molecule has 32 heavy (non-hydrogen) atoms. The third-order valence-electron chi connectivity index (χ3n) is 5.36. The number of hydrogen-bond donors (Lipinski definition) is 2. The number of imidazole rings is 1. The summed E-state index contributed by atoms with van der Waals surface area (Å²) in [4.78, 5) is 25.8. The third kappa shape index (κ3) is 3.24. The number of alkyl halides is 2. The topological polar surface area (TPSA) is 113 Å². The molecular weight excluding hydrogens is 446 g/mol. The van der Waals surface area contributed by atoms with Gasteiger partial charge in [-0.05, 0) is 25.1 Å². The standard InChI is InChI=1S/C20H17ClF2N6O3/c1-9(30)19-26-15(18(22)23)17(32-19)20(31)28-6-4-11-14(25-8-24-11)16(28)12-7-13-10(21)3-2-5-29(13)27-12/h2-3,5,7-9,16,18,30H,4,6H2,1H3,(H,24,25)/t9-,16?/m0/s1. The number of rotatable bonds is 4. The van der Waals surface area contributed by atoms with Crippen LogP contribution in [0, 0.1) is 0 Å². The van der Waals surface area contributed by atoms with Gasteiger partial charge in [-0.25, -0.2) is 23.3 Å². The fraction of sp³-hybridized carbons (Fsp3) is 0.300. The second-order valence-electron chi connectivity index (χ2n) is 7.42. The molecule has 0 fully saturated rings. The zero-order valence-corrected chi connectivity index (χ0v) is 17.4. The summed E-state index contributed by atoms with van der Waals surface area (Å²) >= 11 is 6.28. The quantitative estimate of drug-likeness (QED) is 0.480. The number of nitrogens with zero attached hydrogens (tertiary/aromatic N) is 5. The molecule has 1 amide bonds. The van der Waals surface area contributed by atoms with Gasteiger partial charge in [0.15, 0.2) is 5.69 Å². The molecule has 0 radical (unpaired) electrons. The molecule has 2 N–H and O–H groups in total. The van der Waals surface area contributed by atoms with Gasteiger partial charge in [-0.1, -0.05) is 11.6 Å². The molecule has 4 aromatic heterocycles. The Labute approximate surface area is 184 Å². The average Bonchev–Trinajstić information content (AvgIpc) is 3.49. The molecule has 0 saturated carbocycles. The molecule has 5 rings (SSSR count). The Hall–Kier alpha value is -3.31. The number of aliphatic hydroxyl groups is 1. The third-order valence-corrected chi connectivity index (χ3v) is 5.68. The van der Waals surface area contributed by atoms with Gasteiger partial charge in [0.05, 0.1) is 28.3 Å². The van der Waals surface area contributed by atoms with Gasteiger partial charge in [0.2, 0.25) is 11.7 Å². The zero-order chi connectivity index (χ0) is 22.6. The van der Waals surface area contributed by atoms with E-state index >= 15 is 0 Å². The molecule has 1 aliphatic rings. The van der Waals surface area contributed by atoms with E-state index in [2.05, 4.69) is 20.1 Å². The molecule has 0 saturated heterocycles. The van der Waals surface area contributed by atoms with Gasteiger partial charge in [0.1, 0.15) is 12.1 Å². The molecular formula is C20H17ClF2N6O3. The second-order valence-corrected chi connectivity index (χ2v) is 7.82. The molecule has 4 aromatic rings. The number of nitrogens with one attached hydrogen (secondary N) is 1. The Morgan fingerprint density at radius 1 is 1.44 bits per heavy atom. The van der Waals surface area contributed by atoms with Crippen LogP contribution < -0.4 is 0 Å². The second kappa shape index (κ2) is 7.68. The highest BCUT2D eigenvalue weighted by atomic mass is 35.5. The Kier molecular flexibility index (Phi) is 4.94. The SMILES string of the molecule is C[C@H](O)c1nc(C(F)F)c(C(=O)N2CCc3[nH]cnc3C2c2cc3c(Cl)cccn3n2)o1. The summed E-state index contributed by atoms with van der Waals surface area (Å²) in [5.41, 5.74) is 1.66. The Morgan fingerprint density at radius 2 is 2.25 bits per heavy atom. The minimum atomic E-state index is -3.05. The maximum Gasteiger partial charge on any atom is 0.292 e. The summed E-state index contributed by atoms with van der Waals surface area (Å²) in [6.45, 7) is 1.52. The number of aromatic amines is 1. The molecule has 5 heterocycles. The normalized spacial score (nSPS) is 17.2. The van der Waals surface area contributed by atoms with Crippen molar-refractivity contribution in [1.29, 1.82) is 0 Å². The molecule has 0 aromatic carbocycles. The summed E-state index contributed by atoms with van der Waals surface area (Å²) in [5.74, 6) is -1.75. The summed E-state index contributed by atoms with van der Waals surface area (Å²) in [6.07, 6.45) is -0.634. The van der Waals surface area contributed by atoms with Crippen LogP contribution in [0.25, 0.3) is 5.52 Å². The molecule has 1 unspecified atom stereocenters. The van der Waals surface area contributed by atoms with Crippen molar-refractivity contribution in [2.45, 2.75) is 31.9 Å². The maximum atomic E-state index is 13.6. The minimum absolute atomic E-state index is 0.202. The molecule has 0 aliphatic carbocycles. The van der Waals surface area contributed by atoms with E-state index in [0.717, 1.165) is 5.69 Å². The van der Waals surface area contributed by atoms with Crippen molar-refractivity contribution in [3.05, 3.63) is 70.2 Å². The number of carbonyl (C=O) groups is 1. The first kappa shape index (κ1) is 20.6. The Bertz CT molecular complexity index is 1310. The lowest BCUT2D eigenvalue weighted by Gasteiger charge is -2.33. The lowest BCUT2D eigenvalue weighted by Crippen LogP contribution is -2.41. The van der Waals surface area contributed by atoms with Crippen molar-refractivity contribution in [1.82, 2.24) is 29.5 Å². The fourth-order valence-electron chi connectivity index (χ4n) is 3.89. The van der Waals surface area contributed by atoms with Crippen molar-refractivity contribution >= 4 is 23.0 Å². The van der Waals surface area contributed by atoms with Gasteiger partial charge >= 0.3 is 0 Å². The van der Waals surface area contributed by atoms with E-state index in [-0.39, 0.29) is 12.4 Å². The lowest BCUT2D eigenvalue weighted by molar-refractivity contribution is 0.0631. The highest BCUT2D eigenvalue weighted by Crippen LogP contribution is 2.36. The number of oxazole rings is 1. The maximum absolute atomic E-state index is 13.6. The monoisotopic (exact) mass is 462 g/mol. The van der Waals surface area contributed by atoms with Crippen LogP contribution in [0.1, 0.15) is 64.7 Å². The number of carbonyl (C=O) groups excluding carboxylic acids is 1. The molecule has 0 bridgehead atoms. The molecule has 12 heteroatoms. The van der Waals surface area contributed by atoms with Crippen LogP contribution in [0.5, 0.6) is 0 Å². The minimum Gasteiger partial charge on any atom is -0.432 e. The average molecular weight is 463 g/mol. The van der Waals surface area contributed by atoms with Crippen molar-refractivity contribution in [3.63, 3.8) is 0 Å². The van der Waals surface area contributed by atoms with E-state index in [1.807, 2.05) is 0 Å². The highest BCUT2D eigenvalue weighted by Gasteiger charge is 2.40. The van der Waals surface area contributed by atoms with Crippen LogP contribution in [0.3, 0.4) is 0 Å². The van der Waals surface area contributed by atoms with Crippen LogP contribution in [0.15, 0.2) is 35.1 Å². The summed E-state index contributed by atoms with van der Waals surface area (Å²) < 4.78 is 34.1. The summed E-state index contributed by atoms with van der Waals surface area (Å²) in [5, 5.41) is 14.7. The Balaban J connectivity index is 1.63. The number of halogens is 3. The number of aliphatic hydroxyl groups excluding tert-OH is 1. The number of amides is 1.